The van der Waals surface area contributed by atoms with Crippen molar-refractivity contribution in [2.24, 2.45) is 0 Å². The molecule has 0 radical (unpaired) electrons. The quantitative estimate of drug-likeness (QED) is 0.877. The van der Waals surface area contributed by atoms with Gasteiger partial charge in [-0.3, -0.25) is 4.79 Å². The number of amides is 1. The van der Waals surface area contributed by atoms with Crippen LogP contribution in [-0.2, 0) is 9.53 Å². The highest BCUT2D eigenvalue weighted by Crippen LogP contribution is 2.24. The van der Waals surface area contributed by atoms with Crippen molar-refractivity contribution in [2.45, 2.75) is 26.0 Å². The van der Waals surface area contributed by atoms with Gasteiger partial charge >= 0.3 is 5.97 Å². The van der Waals surface area contributed by atoms with Gasteiger partial charge in [0.25, 0.3) is 5.91 Å². The van der Waals surface area contributed by atoms with Crippen LogP contribution in [0.15, 0.2) is 22.7 Å². The molecule has 0 aliphatic carbocycles. The number of ether oxygens (including phenoxy) is 2. The van der Waals surface area contributed by atoms with Crippen LogP contribution in [-0.4, -0.2) is 53.8 Å². The first kappa shape index (κ1) is 16.8. The molecule has 0 spiro atoms. The summed E-state index contributed by atoms with van der Waals surface area (Å²) in [5.74, 6) is -0.847. The van der Waals surface area contributed by atoms with Crippen LogP contribution in [0.4, 0.5) is 0 Å². The third kappa shape index (κ3) is 3.98. The zero-order valence-corrected chi connectivity index (χ0v) is 14.0. The number of rotatable bonds is 4. The first-order valence-corrected chi connectivity index (χ1v) is 7.76. The molecule has 1 saturated heterocycles. The topological polar surface area (TPSA) is 76.1 Å². The minimum absolute atomic E-state index is 0.00439. The maximum absolute atomic E-state index is 12.6. The van der Waals surface area contributed by atoms with E-state index < -0.39 is 12.0 Å². The van der Waals surface area contributed by atoms with Crippen LogP contribution in [0.5, 0.6) is 5.75 Å². The first-order valence-electron chi connectivity index (χ1n) is 6.97. The van der Waals surface area contributed by atoms with Gasteiger partial charge < -0.3 is 19.5 Å². The Labute approximate surface area is 137 Å². The normalized spacial score (nSPS) is 18.4. The van der Waals surface area contributed by atoms with Crippen molar-refractivity contribution < 1.29 is 24.2 Å². The fourth-order valence-corrected chi connectivity index (χ4v) is 2.72. The lowest BCUT2D eigenvalue weighted by atomic mass is 10.1. The molecule has 1 unspecified atom stereocenters. The van der Waals surface area contributed by atoms with Gasteiger partial charge in [-0.15, -0.1) is 0 Å². The second-order valence-corrected chi connectivity index (χ2v) is 6.19. The smallest absolute Gasteiger partial charge is 0.328 e. The van der Waals surface area contributed by atoms with Gasteiger partial charge in [0.05, 0.1) is 19.3 Å². The van der Waals surface area contributed by atoms with Crippen molar-refractivity contribution in [1.29, 1.82) is 0 Å². The van der Waals surface area contributed by atoms with E-state index in [1.807, 2.05) is 13.8 Å². The maximum atomic E-state index is 12.6. The lowest BCUT2D eigenvalue weighted by molar-refractivity contribution is -0.147. The molecule has 7 heteroatoms. The lowest BCUT2D eigenvalue weighted by Crippen LogP contribution is -2.52. The summed E-state index contributed by atoms with van der Waals surface area (Å²) in [5, 5.41) is 9.22. The van der Waals surface area contributed by atoms with E-state index >= 15 is 0 Å². The predicted octanol–water partition coefficient (Wildman–Crippen LogP) is 2.16. The van der Waals surface area contributed by atoms with Gasteiger partial charge in [-0.2, -0.15) is 0 Å². The monoisotopic (exact) mass is 371 g/mol. The molecule has 0 aromatic heterocycles. The number of carbonyl (C=O) groups excluding carboxylic acids is 1. The van der Waals surface area contributed by atoms with Crippen molar-refractivity contribution in [2.75, 3.05) is 19.8 Å². The van der Waals surface area contributed by atoms with Crippen LogP contribution in [0, 0.1) is 0 Å². The summed E-state index contributed by atoms with van der Waals surface area (Å²) in [6.07, 6.45) is -0.0209. The van der Waals surface area contributed by atoms with E-state index in [0.717, 1.165) is 0 Å². The first-order chi connectivity index (χ1) is 10.4. The summed E-state index contributed by atoms with van der Waals surface area (Å²) in [4.78, 5) is 25.2. The zero-order valence-electron chi connectivity index (χ0n) is 12.4. The van der Waals surface area contributed by atoms with Crippen LogP contribution in [0.2, 0.25) is 0 Å². The van der Waals surface area contributed by atoms with Crippen LogP contribution in [0.1, 0.15) is 24.2 Å². The number of nitrogens with zero attached hydrogens (tertiary/aromatic N) is 1. The van der Waals surface area contributed by atoms with Crippen molar-refractivity contribution in [1.82, 2.24) is 4.90 Å². The third-order valence-electron chi connectivity index (χ3n) is 3.16. The number of hydrogen-bond acceptors (Lipinski definition) is 4. The minimum atomic E-state index is -1.07. The Morgan fingerprint density at radius 2 is 2.14 bits per heavy atom. The Morgan fingerprint density at radius 1 is 1.41 bits per heavy atom. The number of aliphatic carboxylic acids is 1. The number of carboxylic acid groups (broad SMARTS) is 1. The van der Waals surface area contributed by atoms with Gasteiger partial charge in [-0.1, -0.05) is 15.9 Å². The van der Waals surface area contributed by atoms with E-state index in [0.29, 0.717) is 22.4 Å². The summed E-state index contributed by atoms with van der Waals surface area (Å²) in [6.45, 7) is 4.38. The van der Waals surface area contributed by atoms with E-state index in [1.54, 1.807) is 18.2 Å². The summed E-state index contributed by atoms with van der Waals surface area (Å²) < 4.78 is 11.5. The fraction of sp³-hybridized carbons (Fsp3) is 0.467. The number of morpholine rings is 1. The van der Waals surface area contributed by atoms with Gasteiger partial charge in [0.1, 0.15) is 5.75 Å². The number of carboxylic acids is 1. The molecule has 1 aromatic carbocycles. The van der Waals surface area contributed by atoms with Gasteiger partial charge in [-0.05, 0) is 32.0 Å². The van der Waals surface area contributed by atoms with Crippen molar-refractivity contribution in [3.63, 3.8) is 0 Å². The molecule has 1 aromatic rings. The fourth-order valence-electron chi connectivity index (χ4n) is 2.24. The highest BCUT2D eigenvalue weighted by atomic mass is 79.9. The second kappa shape index (κ2) is 7.11. The van der Waals surface area contributed by atoms with Gasteiger partial charge in [-0.25, -0.2) is 4.79 Å². The molecule has 1 N–H and O–H groups in total. The molecule has 6 nitrogen and oxygen atoms in total. The van der Waals surface area contributed by atoms with Gasteiger partial charge in [0.15, 0.2) is 6.04 Å². The summed E-state index contributed by atoms with van der Waals surface area (Å²) in [5.41, 5.74) is 0.387. The van der Waals surface area contributed by atoms with Crippen LogP contribution in [0.25, 0.3) is 0 Å². The van der Waals surface area contributed by atoms with E-state index in [9.17, 15) is 14.7 Å². The van der Waals surface area contributed by atoms with Crippen molar-refractivity contribution in [3.8, 4) is 5.75 Å². The van der Waals surface area contributed by atoms with Gasteiger partial charge in [0, 0.05) is 16.6 Å². The van der Waals surface area contributed by atoms with E-state index in [4.69, 9.17) is 9.47 Å². The van der Waals surface area contributed by atoms with E-state index in [2.05, 4.69) is 15.9 Å². The Morgan fingerprint density at radius 3 is 2.77 bits per heavy atom. The van der Waals surface area contributed by atoms with Crippen molar-refractivity contribution >= 4 is 27.8 Å². The molecular weight excluding hydrogens is 354 g/mol. The molecule has 2 rings (SSSR count). The highest BCUT2D eigenvalue weighted by Gasteiger charge is 2.33. The number of halogens is 1. The summed E-state index contributed by atoms with van der Waals surface area (Å²) >= 11 is 3.35. The highest BCUT2D eigenvalue weighted by molar-refractivity contribution is 9.10. The zero-order chi connectivity index (χ0) is 16.3. The Kier molecular flexibility index (Phi) is 5.42. The molecule has 0 saturated carbocycles. The van der Waals surface area contributed by atoms with Crippen LogP contribution >= 0.6 is 15.9 Å². The van der Waals surface area contributed by atoms with E-state index in [1.165, 1.54) is 4.90 Å². The maximum Gasteiger partial charge on any atom is 0.328 e. The summed E-state index contributed by atoms with van der Waals surface area (Å²) in [6, 6.07) is 4.09. The summed E-state index contributed by atoms with van der Waals surface area (Å²) in [7, 11) is 0. The molecule has 1 amide bonds. The molecule has 22 heavy (non-hydrogen) atoms. The Balaban J connectivity index is 2.27. The molecule has 1 atom stereocenters. The molecular formula is C15H18BrNO5. The number of carbonyl (C=O) groups is 2. The van der Waals surface area contributed by atoms with E-state index in [-0.39, 0.29) is 25.2 Å². The SMILES string of the molecule is CC(C)Oc1cc(Br)cc(C(=O)N2CCOCC2C(=O)O)c1. The molecule has 1 aliphatic rings. The molecule has 1 heterocycles. The lowest BCUT2D eigenvalue weighted by Gasteiger charge is -2.33. The predicted molar refractivity (Wildman–Crippen MR) is 83.2 cm³/mol. The Hall–Kier alpha value is -1.60. The average Bonchev–Trinajstić information content (AvgIpc) is 2.45. The van der Waals surface area contributed by atoms with Crippen LogP contribution in [0.3, 0.4) is 0 Å². The van der Waals surface area contributed by atoms with Gasteiger partial charge in [0.2, 0.25) is 0 Å². The van der Waals surface area contributed by atoms with Crippen molar-refractivity contribution in [3.05, 3.63) is 28.2 Å². The minimum Gasteiger partial charge on any atom is -0.491 e. The molecule has 0 bridgehead atoms. The molecule has 1 fully saturated rings. The second-order valence-electron chi connectivity index (χ2n) is 5.27. The third-order valence-corrected chi connectivity index (χ3v) is 3.62. The standard InChI is InChI=1S/C15H18BrNO5/c1-9(2)22-12-6-10(5-11(16)7-12)14(18)17-3-4-21-8-13(17)15(19)20/h5-7,9,13H,3-4,8H2,1-2H3,(H,19,20). The average molecular weight is 372 g/mol. The largest absolute Gasteiger partial charge is 0.491 e. The molecule has 120 valence electrons. The van der Waals surface area contributed by atoms with Crippen LogP contribution < -0.4 is 4.74 Å². The number of hydrogen-bond donors (Lipinski definition) is 1. The Bertz CT molecular complexity index is 575. The number of benzene rings is 1. The molecule has 1 aliphatic heterocycles.